The van der Waals surface area contributed by atoms with Gasteiger partial charge in [-0.05, 0) is 30.7 Å². The molecule has 0 saturated heterocycles. The zero-order chi connectivity index (χ0) is 12.9. The predicted octanol–water partition coefficient (Wildman–Crippen LogP) is 3.51. The van der Waals surface area contributed by atoms with E-state index in [-0.39, 0.29) is 0 Å². The molecular formula is C14H12ClN3. The molecule has 0 spiro atoms. The molecule has 0 radical (unpaired) electrons. The molecule has 0 unspecified atom stereocenters. The summed E-state index contributed by atoms with van der Waals surface area (Å²) in [6.07, 6.45) is 0. The molecule has 0 aliphatic rings. The van der Waals surface area contributed by atoms with E-state index >= 15 is 0 Å². The van der Waals surface area contributed by atoms with Gasteiger partial charge in [-0.1, -0.05) is 23.7 Å². The first-order valence-corrected chi connectivity index (χ1v) is 6.00. The summed E-state index contributed by atoms with van der Waals surface area (Å²) in [5.74, 6) is 0. The second-order valence-corrected chi connectivity index (χ2v) is 4.72. The fourth-order valence-corrected chi connectivity index (χ4v) is 2.58. The molecule has 0 aliphatic carbocycles. The van der Waals surface area contributed by atoms with Crippen molar-refractivity contribution in [3.8, 4) is 0 Å². The molecule has 1 aromatic heterocycles. The third kappa shape index (κ3) is 1.41. The van der Waals surface area contributed by atoms with Crippen molar-refractivity contribution in [3.63, 3.8) is 0 Å². The number of para-hydroxylation sites is 1. The second-order valence-electron chi connectivity index (χ2n) is 4.34. The van der Waals surface area contributed by atoms with E-state index in [1.807, 2.05) is 31.2 Å². The van der Waals surface area contributed by atoms with Crippen molar-refractivity contribution in [1.29, 1.82) is 0 Å². The third-order valence-corrected chi connectivity index (χ3v) is 3.64. The lowest BCUT2D eigenvalue weighted by molar-refractivity contribution is 1.45. The summed E-state index contributed by atoms with van der Waals surface area (Å²) >= 11 is 6.28. The molecule has 90 valence electrons. The molecule has 3 aromatic rings. The normalized spacial score (nSPS) is 11.2. The number of nitrogens with zero attached hydrogens (tertiary/aromatic N) is 1. The van der Waals surface area contributed by atoms with Crippen molar-refractivity contribution in [2.24, 2.45) is 0 Å². The molecule has 0 fully saturated rings. The topological polar surface area (TPSA) is 64.9 Å². The summed E-state index contributed by atoms with van der Waals surface area (Å²) in [5, 5.41) is 2.46. The van der Waals surface area contributed by atoms with Gasteiger partial charge < -0.3 is 11.5 Å². The molecule has 0 bridgehead atoms. The van der Waals surface area contributed by atoms with Crippen molar-refractivity contribution < 1.29 is 0 Å². The minimum atomic E-state index is 0.557. The Balaban J connectivity index is 2.61. The number of pyridine rings is 1. The van der Waals surface area contributed by atoms with Crippen molar-refractivity contribution in [3.05, 3.63) is 40.9 Å². The van der Waals surface area contributed by atoms with Gasteiger partial charge in [0.15, 0.2) is 0 Å². The number of halogens is 1. The lowest BCUT2D eigenvalue weighted by atomic mass is 10.0. The van der Waals surface area contributed by atoms with Crippen LogP contribution in [0.1, 0.15) is 5.56 Å². The third-order valence-electron chi connectivity index (χ3n) is 3.23. The van der Waals surface area contributed by atoms with Gasteiger partial charge in [-0.2, -0.15) is 0 Å². The van der Waals surface area contributed by atoms with E-state index in [1.165, 1.54) is 0 Å². The number of nitrogens with two attached hydrogens (primary N) is 2. The van der Waals surface area contributed by atoms with E-state index in [9.17, 15) is 0 Å². The van der Waals surface area contributed by atoms with Gasteiger partial charge in [0.05, 0.1) is 27.4 Å². The first-order chi connectivity index (χ1) is 8.59. The largest absolute Gasteiger partial charge is 0.398 e. The lowest BCUT2D eigenvalue weighted by Crippen LogP contribution is -1.95. The molecule has 4 heteroatoms. The molecule has 0 amide bonds. The molecule has 4 N–H and O–H groups in total. The Hall–Kier alpha value is -2.00. The molecule has 3 rings (SSSR count). The van der Waals surface area contributed by atoms with Crippen LogP contribution in [0.5, 0.6) is 0 Å². The second kappa shape index (κ2) is 3.75. The van der Waals surface area contributed by atoms with E-state index < -0.39 is 0 Å². The van der Waals surface area contributed by atoms with Crippen molar-refractivity contribution in [2.45, 2.75) is 6.92 Å². The van der Waals surface area contributed by atoms with Crippen LogP contribution < -0.4 is 11.5 Å². The van der Waals surface area contributed by atoms with Crippen molar-refractivity contribution >= 4 is 44.8 Å². The number of nitrogen functional groups attached to an aromatic ring is 2. The summed E-state index contributed by atoms with van der Waals surface area (Å²) in [6, 6.07) is 9.39. The summed E-state index contributed by atoms with van der Waals surface area (Å²) in [7, 11) is 0. The van der Waals surface area contributed by atoms with Crippen LogP contribution in [0.2, 0.25) is 5.02 Å². The number of benzene rings is 2. The van der Waals surface area contributed by atoms with Gasteiger partial charge in [-0.3, -0.25) is 0 Å². The van der Waals surface area contributed by atoms with E-state index in [0.29, 0.717) is 16.4 Å². The van der Waals surface area contributed by atoms with Gasteiger partial charge in [0.25, 0.3) is 0 Å². The van der Waals surface area contributed by atoms with Crippen LogP contribution in [-0.2, 0) is 0 Å². The minimum Gasteiger partial charge on any atom is -0.398 e. The minimum absolute atomic E-state index is 0.557. The Morgan fingerprint density at radius 3 is 2.61 bits per heavy atom. The Morgan fingerprint density at radius 1 is 1.06 bits per heavy atom. The Labute approximate surface area is 109 Å². The van der Waals surface area contributed by atoms with Gasteiger partial charge in [0.2, 0.25) is 0 Å². The zero-order valence-electron chi connectivity index (χ0n) is 9.87. The van der Waals surface area contributed by atoms with E-state index in [4.69, 9.17) is 23.1 Å². The molecular weight excluding hydrogens is 246 g/mol. The first-order valence-electron chi connectivity index (χ1n) is 5.62. The smallest absolute Gasteiger partial charge is 0.0941 e. The number of hydrogen-bond donors (Lipinski definition) is 2. The number of fused-ring (bicyclic) bond motifs is 2. The van der Waals surface area contributed by atoms with E-state index in [0.717, 1.165) is 27.4 Å². The van der Waals surface area contributed by atoms with Crippen molar-refractivity contribution in [1.82, 2.24) is 4.98 Å². The number of hydrogen-bond acceptors (Lipinski definition) is 3. The van der Waals surface area contributed by atoms with Gasteiger partial charge >= 0.3 is 0 Å². The van der Waals surface area contributed by atoms with E-state index in [2.05, 4.69) is 4.98 Å². The SMILES string of the molecule is Cc1c2cccc(N)c2nc2ccc(N)c(Cl)c12. The molecule has 1 heterocycles. The average Bonchev–Trinajstić information content (AvgIpc) is 2.35. The monoisotopic (exact) mass is 257 g/mol. The summed E-state index contributed by atoms with van der Waals surface area (Å²) in [5.41, 5.74) is 15.7. The Morgan fingerprint density at radius 2 is 1.83 bits per heavy atom. The number of aryl methyl sites for hydroxylation is 1. The van der Waals surface area contributed by atoms with Crippen LogP contribution >= 0.6 is 11.6 Å². The maximum Gasteiger partial charge on any atom is 0.0941 e. The Bertz CT molecular complexity index is 781. The average molecular weight is 258 g/mol. The highest BCUT2D eigenvalue weighted by atomic mass is 35.5. The molecule has 0 aliphatic heterocycles. The van der Waals surface area contributed by atoms with Crippen LogP contribution in [-0.4, -0.2) is 4.98 Å². The summed E-state index contributed by atoms with van der Waals surface area (Å²) in [6.45, 7) is 2.01. The molecule has 0 saturated carbocycles. The number of rotatable bonds is 0. The fraction of sp³-hybridized carbons (Fsp3) is 0.0714. The van der Waals surface area contributed by atoms with Gasteiger partial charge in [0, 0.05) is 10.8 Å². The lowest BCUT2D eigenvalue weighted by Gasteiger charge is -2.11. The van der Waals surface area contributed by atoms with Crippen LogP contribution in [0.3, 0.4) is 0 Å². The highest BCUT2D eigenvalue weighted by Gasteiger charge is 2.11. The molecule has 3 nitrogen and oxygen atoms in total. The summed E-state index contributed by atoms with van der Waals surface area (Å²) in [4.78, 5) is 4.57. The zero-order valence-corrected chi connectivity index (χ0v) is 10.6. The molecule has 2 aromatic carbocycles. The highest BCUT2D eigenvalue weighted by molar-refractivity contribution is 6.38. The standard InChI is InChI=1S/C14H12ClN3/c1-7-8-3-2-4-10(17)14(8)18-11-6-5-9(16)13(15)12(7)11/h2-6H,16-17H2,1H3. The molecule has 0 atom stereocenters. The number of anilines is 2. The number of aromatic nitrogens is 1. The van der Waals surface area contributed by atoms with Crippen molar-refractivity contribution in [2.75, 3.05) is 11.5 Å². The van der Waals surface area contributed by atoms with Gasteiger partial charge in [0.1, 0.15) is 0 Å². The predicted molar refractivity (Wildman–Crippen MR) is 77.8 cm³/mol. The molecule has 18 heavy (non-hydrogen) atoms. The maximum absolute atomic E-state index is 6.28. The van der Waals surface area contributed by atoms with Crippen LogP contribution in [0, 0.1) is 6.92 Å². The first kappa shape index (κ1) is 11.1. The van der Waals surface area contributed by atoms with Gasteiger partial charge in [-0.25, -0.2) is 4.98 Å². The quantitative estimate of drug-likeness (QED) is 0.478. The Kier molecular flexibility index (Phi) is 2.31. The van der Waals surface area contributed by atoms with E-state index in [1.54, 1.807) is 6.07 Å². The van der Waals surface area contributed by atoms with Crippen LogP contribution in [0.15, 0.2) is 30.3 Å². The van der Waals surface area contributed by atoms with Gasteiger partial charge in [-0.15, -0.1) is 0 Å². The fourth-order valence-electron chi connectivity index (χ4n) is 2.28. The maximum atomic E-state index is 6.28. The van der Waals surface area contributed by atoms with Crippen LogP contribution in [0.25, 0.3) is 21.8 Å². The highest BCUT2D eigenvalue weighted by Crippen LogP contribution is 2.35. The summed E-state index contributed by atoms with van der Waals surface area (Å²) < 4.78 is 0. The van der Waals surface area contributed by atoms with Crippen LogP contribution in [0.4, 0.5) is 11.4 Å².